The van der Waals surface area contributed by atoms with Crippen molar-refractivity contribution in [2.75, 3.05) is 19.7 Å². The first-order valence-electron chi connectivity index (χ1n) is 7.16. The summed E-state index contributed by atoms with van der Waals surface area (Å²) in [6.45, 7) is 4.69. The van der Waals surface area contributed by atoms with Crippen molar-refractivity contribution in [1.29, 1.82) is 0 Å². The largest absolute Gasteiger partial charge is 0.376 e. The molecule has 0 bridgehead atoms. The minimum Gasteiger partial charge on any atom is -0.376 e. The van der Waals surface area contributed by atoms with E-state index in [1.54, 1.807) is 12.1 Å². The molecule has 1 atom stereocenters. The maximum Gasteiger partial charge on any atom is 0.191 e. The predicted octanol–water partition coefficient (Wildman–Crippen LogP) is 2.06. The van der Waals surface area contributed by atoms with Gasteiger partial charge in [-0.3, -0.25) is 0 Å². The summed E-state index contributed by atoms with van der Waals surface area (Å²) in [6, 6.07) is 6.71. The predicted molar refractivity (Wildman–Crippen MR) is 78.2 cm³/mol. The number of aliphatic imine (C=N–C) groups is 1. The number of benzene rings is 1. The van der Waals surface area contributed by atoms with Crippen LogP contribution in [0.4, 0.5) is 4.39 Å². The van der Waals surface area contributed by atoms with Gasteiger partial charge in [-0.1, -0.05) is 18.2 Å². The van der Waals surface area contributed by atoms with Crippen molar-refractivity contribution in [3.05, 3.63) is 35.6 Å². The van der Waals surface area contributed by atoms with E-state index < -0.39 is 0 Å². The van der Waals surface area contributed by atoms with Crippen LogP contribution < -0.4 is 10.6 Å². The van der Waals surface area contributed by atoms with Crippen molar-refractivity contribution in [3.8, 4) is 0 Å². The molecule has 1 heterocycles. The lowest BCUT2D eigenvalue weighted by atomic mass is 10.2. The molecule has 20 heavy (non-hydrogen) atoms. The fraction of sp³-hybridized carbons (Fsp3) is 0.533. The van der Waals surface area contributed by atoms with Crippen LogP contribution in [0.2, 0.25) is 0 Å². The molecule has 2 N–H and O–H groups in total. The van der Waals surface area contributed by atoms with Crippen LogP contribution in [0.3, 0.4) is 0 Å². The Kier molecular flexibility index (Phi) is 5.80. The summed E-state index contributed by atoms with van der Waals surface area (Å²) in [5, 5.41) is 6.40. The van der Waals surface area contributed by atoms with E-state index in [0.717, 1.165) is 32.5 Å². The SMILES string of the molecule is CCNC(=NCc1ccccc1F)NCC1CCCO1. The molecule has 0 aliphatic carbocycles. The molecular formula is C15H22FN3O. The first kappa shape index (κ1) is 14.8. The molecule has 1 fully saturated rings. The molecule has 110 valence electrons. The van der Waals surface area contributed by atoms with Crippen molar-refractivity contribution in [1.82, 2.24) is 10.6 Å². The third-order valence-electron chi connectivity index (χ3n) is 3.23. The molecule has 5 heteroatoms. The number of hydrogen-bond acceptors (Lipinski definition) is 2. The van der Waals surface area contributed by atoms with E-state index in [9.17, 15) is 4.39 Å². The van der Waals surface area contributed by atoms with Crippen LogP contribution in [0, 0.1) is 5.82 Å². The summed E-state index contributed by atoms with van der Waals surface area (Å²) in [7, 11) is 0. The van der Waals surface area contributed by atoms with Crippen LogP contribution in [0.1, 0.15) is 25.3 Å². The monoisotopic (exact) mass is 279 g/mol. The molecule has 1 aliphatic rings. The molecule has 2 rings (SSSR count). The maximum atomic E-state index is 13.5. The highest BCUT2D eigenvalue weighted by Gasteiger charge is 2.15. The van der Waals surface area contributed by atoms with Crippen molar-refractivity contribution in [3.63, 3.8) is 0 Å². The summed E-state index contributed by atoms with van der Waals surface area (Å²) in [4.78, 5) is 4.40. The van der Waals surface area contributed by atoms with Crippen LogP contribution in [-0.4, -0.2) is 31.8 Å². The van der Waals surface area contributed by atoms with Crippen LogP contribution >= 0.6 is 0 Å². The van der Waals surface area contributed by atoms with Gasteiger partial charge in [-0.05, 0) is 25.8 Å². The topological polar surface area (TPSA) is 45.7 Å². The Morgan fingerprint density at radius 1 is 1.40 bits per heavy atom. The molecule has 0 aromatic heterocycles. The zero-order valence-electron chi connectivity index (χ0n) is 11.9. The molecule has 1 aromatic rings. The van der Waals surface area contributed by atoms with E-state index in [-0.39, 0.29) is 11.9 Å². The molecule has 0 saturated carbocycles. The molecule has 0 spiro atoms. The van der Waals surface area contributed by atoms with Gasteiger partial charge in [0.2, 0.25) is 0 Å². The normalized spacial score (nSPS) is 19.1. The van der Waals surface area contributed by atoms with Crippen molar-refractivity contribution in [2.24, 2.45) is 4.99 Å². The molecule has 1 unspecified atom stereocenters. The van der Waals surface area contributed by atoms with Crippen LogP contribution in [0.5, 0.6) is 0 Å². The zero-order chi connectivity index (χ0) is 14.2. The maximum absolute atomic E-state index is 13.5. The summed E-state index contributed by atoms with van der Waals surface area (Å²) in [5.74, 6) is 0.484. The van der Waals surface area contributed by atoms with Gasteiger partial charge in [0.15, 0.2) is 5.96 Å². The molecule has 4 nitrogen and oxygen atoms in total. The first-order chi connectivity index (χ1) is 9.79. The Labute approximate surface area is 119 Å². The number of ether oxygens (including phenoxy) is 1. The number of nitrogens with one attached hydrogen (secondary N) is 2. The molecule has 1 saturated heterocycles. The Morgan fingerprint density at radius 3 is 2.95 bits per heavy atom. The molecule has 0 amide bonds. The van der Waals surface area contributed by atoms with E-state index in [2.05, 4.69) is 15.6 Å². The van der Waals surface area contributed by atoms with Gasteiger partial charge in [0.1, 0.15) is 5.82 Å². The second kappa shape index (κ2) is 7.85. The lowest BCUT2D eigenvalue weighted by Gasteiger charge is -2.14. The minimum atomic E-state index is -0.216. The summed E-state index contributed by atoms with van der Waals surface area (Å²) in [6.07, 6.45) is 2.46. The average Bonchev–Trinajstić information content (AvgIpc) is 2.97. The highest BCUT2D eigenvalue weighted by molar-refractivity contribution is 5.79. The summed E-state index contributed by atoms with van der Waals surface area (Å²) in [5.41, 5.74) is 0.599. The number of halogens is 1. The number of nitrogens with zero attached hydrogens (tertiary/aromatic N) is 1. The third kappa shape index (κ3) is 4.49. The summed E-state index contributed by atoms with van der Waals surface area (Å²) < 4.78 is 19.1. The van der Waals surface area contributed by atoms with E-state index >= 15 is 0 Å². The van der Waals surface area contributed by atoms with Crippen LogP contribution in [0.15, 0.2) is 29.3 Å². The van der Waals surface area contributed by atoms with E-state index in [1.807, 2.05) is 13.0 Å². The van der Waals surface area contributed by atoms with Crippen LogP contribution in [0.25, 0.3) is 0 Å². The quantitative estimate of drug-likeness (QED) is 0.640. The van der Waals surface area contributed by atoms with Gasteiger partial charge in [-0.15, -0.1) is 0 Å². The number of hydrogen-bond donors (Lipinski definition) is 2. The molecular weight excluding hydrogens is 257 g/mol. The average molecular weight is 279 g/mol. The van der Waals surface area contributed by atoms with Gasteiger partial charge in [-0.2, -0.15) is 0 Å². The van der Waals surface area contributed by atoms with E-state index in [4.69, 9.17) is 4.74 Å². The Bertz CT molecular complexity index is 444. The van der Waals surface area contributed by atoms with Crippen molar-refractivity contribution >= 4 is 5.96 Å². The number of rotatable bonds is 5. The van der Waals surface area contributed by atoms with Crippen LogP contribution in [-0.2, 0) is 11.3 Å². The van der Waals surface area contributed by atoms with Gasteiger partial charge >= 0.3 is 0 Å². The fourth-order valence-corrected chi connectivity index (χ4v) is 2.15. The van der Waals surface area contributed by atoms with E-state index in [1.165, 1.54) is 6.07 Å². The van der Waals surface area contributed by atoms with Gasteiger partial charge in [0, 0.05) is 25.3 Å². The second-order valence-electron chi connectivity index (χ2n) is 4.80. The van der Waals surface area contributed by atoms with Crippen molar-refractivity contribution < 1.29 is 9.13 Å². The Morgan fingerprint density at radius 2 is 2.25 bits per heavy atom. The minimum absolute atomic E-state index is 0.216. The smallest absolute Gasteiger partial charge is 0.191 e. The number of guanidine groups is 1. The van der Waals surface area contributed by atoms with Gasteiger partial charge in [0.05, 0.1) is 12.6 Å². The van der Waals surface area contributed by atoms with Gasteiger partial charge < -0.3 is 15.4 Å². The highest BCUT2D eigenvalue weighted by Crippen LogP contribution is 2.10. The lowest BCUT2D eigenvalue weighted by Crippen LogP contribution is -2.41. The first-order valence-corrected chi connectivity index (χ1v) is 7.16. The highest BCUT2D eigenvalue weighted by atomic mass is 19.1. The molecule has 1 aliphatic heterocycles. The standard InChI is InChI=1S/C15H22FN3O/c1-2-17-15(19-11-13-7-5-9-20-13)18-10-12-6-3-4-8-14(12)16/h3-4,6,8,13H,2,5,7,9-11H2,1H3,(H2,17,18,19). The fourth-order valence-electron chi connectivity index (χ4n) is 2.15. The second-order valence-corrected chi connectivity index (χ2v) is 4.80. The zero-order valence-corrected chi connectivity index (χ0v) is 11.9. The Balaban J connectivity index is 1.89. The van der Waals surface area contributed by atoms with Gasteiger partial charge in [-0.25, -0.2) is 9.38 Å². The third-order valence-corrected chi connectivity index (χ3v) is 3.23. The van der Waals surface area contributed by atoms with Gasteiger partial charge in [0.25, 0.3) is 0 Å². The lowest BCUT2D eigenvalue weighted by molar-refractivity contribution is 0.114. The molecule has 0 radical (unpaired) electrons. The van der Waals surface area contributed by atoms with Crippen molar-refractivity contribution in [2.45, 2.75) is 32.4 Å². The summed E-state index contributed by atoms with van der Waals surface area (Å²) >= 11 is 0. The Hall–Kier alpha value is -1.62. The molecule has 1 aromatic carbocycles. The van der Waals surface area contributed by atoms with E-state index in [0.29, 0.717) is 18.1 Å².